The maximum Gasteiger partial charge on any atom is 0.157 e. The molecule has 0 saturated carbocycles. The van der Waals surface area contributed by atoms with E-state index < -0.39 is 0 Å². The minimum atomic E-state index is -0.108. The summed E-state index contributed by atoms with van der Waals surface area (Å²) in [7, 11) is 0. The monoisotopic (exact) mass is 393 g/mol. The molecule has 0 bridgehead atoms. The molecule has 1 aromatic carbocycles. The summed E-state index contributed by atoms with van der Waals surface area (Å²) >= 11 is 6.38. The highest BCUT2D eigenvalue weighted by Crippen LogP contribution is 2.30. The average molecular weight is 394 g/mol. The van der Waals surface area contributed by atoms with E-state index in [1.807, 2.05) is 18.2 Å². The number of aromatic nitrogens is 2. The van der Waals surface area contributed by atoms with E-state index in [9.17, 15) is 0 Å². The van der Waals surface area contributed by atoms with Crippen LogP contribution in [0.3, 0.4) is 0 Å². The second kappa shape index (κ2) is 8.50. The second-order valence-electron chi connectivity index (χ2n) is 7.74. The van der Waals surface area contributed by atoms with E-state index in [-0.39, 0.29) is 11.7 Å². The summed E-state index contributed by atoms with van der Waals surface area (Å²) in [5.74, 6) is 1.23. The number of benzene rings is 1. The molecule has 0 amide bonds. The lowest BCUT2D eigenvalue weighted by Gasteiger charge is -2.22. The van der Waals surface area contributed by atoms with Gasteiger partial charge in [0.2, 0.25) is 0 Å². The first-order valence-corrected chi connectivity index (χ1v) is 9.74. The van der Waals surface area contributed by atoms with E-state index in [1.165, 1.54) is 0 Å². The van der Waals surface area contributed by atoms with Gasteiger partial charge in [-0.15, -0.1) is 0 Å². The van der Waals surface area contributed by atoms with Gasteiger partial charge in [0.05, 0.1) is 23.0 Å². The number of nitrogen functional groups attached to an aromatic ring is 1. The van der Waals surface area contributed by atoms with Crippen molar-refractivity contribution in [1.82, 2.24) is 9.78 Å². The minimum Gasteiger partial charge on any atom is -0.491 e. The highest BCUT2D eigenvalue weighted by atomic mass is 35.5. The quantitative estimate of drug-likeness (QED) is 0.739. The fourth-order valence-electron chi connectivity index (χ4n) is 2.88. The number of nitrogens with zero attached hydrogens (tertiary/aromatic N) is 2. The fourth-order valence-corrected chi connectivity index (χ4v) is 3.08. The molecule has 0 aliphatic carbocycles. The molecule has 1 saturated heterocycles. The van der Waals surface area contributed by atoms with Crippen molar-refractivity contribution in [2.45, 2.75) is 51.7 Å². The zero-order valence-electron chi connectivity index (χ0n) is 16.2. The molecule has 1 aliphatic rings. The van der Waals surface area contributed by atoms with Crippen molar-refractivity contribution in [2.24, 2.45) is 0 Å². The minimum absolute atomic E-state index is 0.0987. The van der Waals surface area contributed by atoms with Gasteiger partial charge in [0.25, 0.3) is 0 Å². The van der Waals surface area contributed by atoms with Gasteiger partial charge >= 0.3 is 0 Å². The summed E-state index contributed by atoms with van der Waals surface area (Å²) in [6.07, 6.45) is 3.09. The third-order valence-electron chi connectivity index (χ3n) is 4.44. The smallest absolute Gasteiger partial charge is 0.157 e. The van der Waals surface area contributed by atoms with Crippen LogP contribution < -0.4 is 10.5 Å². The van der Waals surface area contributed by atoms with Crippen LogP contribution in [-0.2, 0) is 14.9 Å². The summed E-state index contributed by atoms with van der Waals surface area (Å²) in [5.41, 5.74) is 7.66. The zero-order chi connectivity index (χ0) is 19.4. The molecule has 6 nitrogen and oxygen atoms in total. The lowest BCUT2D eigenvalue weighted by Crippen LogP contribution is -2.24. The molecule has 2 N–H and O–H groups in total. The molecule has 0 spiro atoms. The van der Waals surface area contributed by atoms with Crippen LogP contribution in [0.2, 0.25) is 5.02 Å². The zero-order valence-corrected chi connectivity index (χ0v) is 17.0. The Hall–Kier alpha value is -1.76. The van der Waals surface area contributed by atoms with E-state index in [1.54, 1.807) is 10.7 Å². The molecule has 3 rings (SSSR count). The van der Waals surface area contributed by atoms with Crippen molar-refractivity contribution in [1.29, 1.82) is 0 Å². The lowest BCUT2D eigenvalue weighted by atomic mass is 9.92. The van der Waals surface area contributed by atoms with Gasteiger partial charge in [-0.2, -0.15) is 5.10 Å². The molecule has 1 fully saturated rings. The van der Waals surface area contributed by atoms with E-state index >= 15 is 0 Å². The van der Waals surface area contributed by atoms with Crippen molar-refractivity contribution in [3.63, 3.8) is 0 Å². The van der Waals surface area contributed by atoms with E-state index in [0.29, 0.717) is 35.5 Å². The van der Waals surface area contributed by atoms with Gasteiger partial charge < -0.3 is 19.9 Å². The summed E-state index contributed by atoms with van der Waals surface area (Å²) < 4.78 is 18.7. The normalized spacial score (nSPS) is 17.9. The highest BCUT2D eigenvalue weighted by Gasteiger charge is 2.20. The van der Waals surface area contributed by atoms with E-state index in [2.05, 4.69) is 25.9 Å². The van der Waals surface area contributed by atoms with Crippen LogP contribution in [0.4, 0.5) is 5.82 Å². The van der Waals surface area contributed by atoms with Crippen LogP contribution in [-0.4, -0.2) is 35.9 Å². The average Bonchev–Trinajstić information content (AvgIpc) is 3.03. The topological polar surface area (TPSA) is 71.5 Å². The molecular formula is C20H28ClN3O3. The summed E-state index contributed by atoms with van der Waals surface area (Å²) in [6.45, 7) is 7.96. The van der Waals surface area contributed by atoms with Crippen molar-refractivity contribution in [3.8, 4) is 11.4 Å². The number of rotatable bonds is 6. The van der Waals surface area contributed by atoms with Crippen molar-refractivity contribution in [3.05, 3.63) is 35.0 Å². The summed E-state index contributed by atoms with van der Waals surface area (Å²) in [6, 6.07) is 7.33. The number of hydrogen-bond acceptors (Lipinski definition) is 5. The summed E-state index contributed by atoms with van der Waals surface area (Å²) in [5, 5.41) is 5.18. The molecule has 27 heavy (non-hydrogen) atoms. The van der Waals surface area contributed by atoms with Gasteiger partial charge in [-0.05, 0) is 31.4 Å². The molecular weight excluding hydrogens is 366 g/mol. The fraction of sp³-hybridized carbons (Fsp3) is 0.550. The Kier molecular flexibility index (Phi) is 6.29. The first kappa shape index (κ1) is 20.0. The Morgan fingerprint density at radius 1 is 1.26 bits per heavy atom. The maximum absolute atomic E-state index is 6.38. The Balaban J connectivity index is 1.65. The Morgan fingerprint density at radius 2 is 2.07 bits per heavy atom. The second-order valence-corrected chi connectivity index (χ2v) is 8.15. The van der Waals surface area contributed by atoms with Crippen LogP contribution in [0.5, 0.6) is 5.75 Å². The van der Waals surface area contributed by atoms with Crippen molar-refractivity contribution in [2.75, 3.05) is 25.6 Å². The van der Waals surface area contributed by atoms with Crippen molar-refractivity contribution >= 4 is 17.4 Å². The highest BCUT2D eigenvalue weighted by molar-refractivity contribution is 6.32. The van der Waals surface area contributed by atoms with Crippen molar-refractivity contribution < 1.29 is 14.2 Å². The molecule has 0 radical (unpaired) electrons. The van der Waals surface area contributed by atoms with Gasteiger partial charge in [-0.25, -0.2) is 4.68 Å². The SMILES string of the molecule is CC(C)(C)c1cc(N)n(-c2cc(OCCOC3CCCCO3)ccc2Cl)n1. The summed E-state index contributed by atoms with van der Waals surface area (Å²) in [4.78, 5) is 0. The number of nitrogens with two attached hydrogens (primary N) is 1. The molecule has 1 unspecified atom stereocenters. The molecule has 1 aromatic heterocycles. The largest absolute Gasteiger partial charge is 0.491 e. The Morgan fingerprint density at radius 3 is 2.74 bits per heavy atom. The third-order valence-corrected chi connectivity index (χ3v) is 4.76. The van der Waals surface area contributed by atoms with Gasteiger partial charge in [0, 0.05) is 24.2 Å². The first-order chi connectivity index (χ1) is 12.8. The number of ether oxygens (including phenoxy) is 3. The molecule has 1 atom stereocenters. The molecule has 1 aliphatic heterocycles. The maximum atomic E-state index is 6.38. The first-order valence-electron chi connectivity index (χ1n) is 9.36. The lowest BCUT2D eigenvalue weighted by molar-refractivity contribution is -0.165. The van der Waals surface area contributed by atoms with Gasteiger partial charge in [-0.1, -0.05) is 32.4 Å². The molecule has 7 heteroatoms. The van der Waals surface area contributed by atoms with Crippen LogP contribution in [0, 0.1) is 0 Å². The standard InChI is InChI=1S/C20H28ClN3O3/c1-20(2,3)17-13-18(22)24(23-17)16-12-14(7-8-15(16)21)25-10-11-27-19-6-4-5-9-26-19/h7-8,12-13,19H,4-6,9-11,22H2,1-3H3. The molecule has 2 heterocycles. The predicted octanol–water partition coefficient (Wildman–Crippen LogP) is 4.33. The van der Waals surface area contributed by atoms with Crippen LogP contribution >= 0.6 is 11.6 Å². The third kappa shape index (κ3) is 5.15. The number of halogens is 1. The van der Waals surface area contributed by atoms with E-state index in [4.69, 9.17) is 31.5 Å². The number of hydrogen-bond donors (Lipinski definition) is 1. The van der Waals surface area contributed by atoms with Gasteiger partial charge in [0.15, 0.2) is 6.29 Å². The predicted molar refractivity (Wildman–Crippen MR) is 107 cm³/mol. The Bertz CT molecular complexity index is 764. The molecule has 2 aromatic rings. The van der Waals surface area contributed by atoms with Crippen LogP contribution in [0.15, 0.2) is 24.3 Å². The van der Waals surface area contributed by atoms with E-state index in [0.717, 1.165) is 31.6 Å². The van der Waals surface area contributed by atoms with Gasteiger partial charge in [-0.3, -0.25) is 0 Å². The van der Waals surface area contributed by atoms with Crippen LogP contribution in [0.1, 0.15) is 45.7 Å². The molecule has 148 valence electrons. The Labute approximate surface area is 165 Å². The van der Waals surface area contributed by atoms with Gasteiger partial charge in [0.1, 0.15) is 18.2 Å². The number of anilines is 1. The van der Waals surface area contributed by atoms with Crippen LogP contribution in [0.25, 0.3) is 5.69 Å².